The van der Waals surface area contributed by atoms with Gasteiger partial charge in [0.05, 0.1) is 18.2 Å². The van der Waals surface area contributed by atoms with Crippen molar-refractivity contribution in [3.63, 3.8) is 0 Å². The second-order valence-electron chi connectivity index (χ2n) is 7.50. The minimum absolute atomic E-state index is 0.0295. The van der Waals surface area contributed by atoms with Gasteiger partial charge >= 0.3 is 0 Å². The van der Waals surface area contributed by atoms with Gasteiger partial charge in [0.2, 0.25) is 5.91 Å². The summed E-state index contributed by atoms with van der Waals surface area (Å²) in [5, 5.41) is 12.0. The monoisotopic (exact) mass is 348 g/mol. The van der Waals surface area contributed by atoms with E-state index in [2.05, 4.69) is 42.3 Å². The van der Waals surface area contributed by atoms with Crippen LogP contribution in [0, 0.1) is 11.3 Å². The molecule has 0 fully saturated rings. The molecule has 0 aliphatic heterocycles. The van der Waals surface area contributed by atoms with Crippen LogP contribution in [0.3, 0.4) is 0 Å². The van der Waals surface area contributed by atoms with E-state index in [1.165, 1.54) is 17.3 Å². The molecule has 5 heteroatoms. The topological polar surface area (TPSA) is 69.0 Å². The molecule has 0 saturated carbocycles. The van der Waals surface area contributed by atoms with Gasteiger partial charge in [-0.2, -0.15) is 5.26 Å². The summed E-state index contributed by atoms with van der Waals surface area (Å²) in [6.45, 7) is 4.74. The molecule has 0 unspecified atom stereocenters. The van der Waals surface area contributed by atoms with Gasteiger partial charge in [-0.05, 0) is 41.5 Å². The average molecular weight is 348 g/mol. The number of hydrogen-bond donors (Lipinski definition) is 1. The summed E-state index contributed by atoms with van der Waals surface area (Å²) < 4.78 is 0. The van der Waals surface area contributed by atoms with Gasteiger partial charge in [0.15, 0.2) is 0 Å². The van der Waals surface area contributed by atoms with Crippen LogP contribution in [0.5, 0.6) is 0 Å². The molecule has 1 aromatic heterocycles. The molecular weight excluding hydrogens is 324 g/mol. The van der Waals surface area contributed by atoms with Crippen LogP contribution in [-0.4, -0.2) is 24.5 Å². The Morgan fingerprint density at radius 1 is 1.35 bits per heavy atom. The van der Waals surface area contributed by atoms with Crippen molar-refractivity contribution in [3.05, 3.63) is 59.3 Å². The Balaban J connectivity index is 1.67. The first-order valence-corrected chi connectivity index (χ1v) is 8.87. The SMILES string of the molecule is CN(CC(=O)N[C@@H]1CCC(C)(C)c2ccccc21)c1ccc(C#N)cn1. The predicted molar refractivity (Wildman–Crippen MR) is 102 cm³/mol. The third-order valence-corrected chi connectivity index (χ3v) is 5.11. The second kappa shape index (κ2) is 7.17. The predicted octanol–water partition coefficient (Wildman–Crippen LogP) is 3.32. The van der Waals surface area contributed by atoms with Crippen LogP contribution in [0.4, 0.5) is 5.82 Å². The second-order valence-corrected chi connectivity index (χ2v) is 7.50. The Bertz CT molecular complexity index is 836. The Hall–Kier alpha value is -2.87. The van der Waals surface area contributed by atoms with E-state index in [1.54, 1.807) is 17.0 Å². The molecule has 2 aromatic rings. The highest BCUT2D eigenvalue weighted by Crippen LogP contribution is 2.41. The maximum atomic E-state index is 12.6. The Morgan fingerprint density at radius 2 is 2.12 bits per heavy atom. The quantitative estimate of drug-likeness (QED) is 0.920. The normalized spacial score (nSPS) is 17.7. The van der Waals surface area contributed by atoms with Crippen molar-refractivity contribution in [1.29, 1.82) is 5.26 Å². The highest BCUT2D eigenvalue weighted by molar-refractivity contribution is 5.81. The van der Waals surface area contributed by atoms with Gasteiger partial charge < -0.3 is 10.2 Å². The Kier molecular flexibility index (Phi) is 4.94. The van der Waals surface area contributed by atoms with Crippen molar-refractivity contribution in [2.24, 2.45) is 0 Å². The van der Waals surface area contributed by atoms with Gasteiger partial charge in [-0.25, -0.2) is 4.98 Å². The number of rotatable bonds is 4. The number of carbonyl (C=O) groups excluding carboxylic acids is 1. The fourth-order valence-corrected chi connectivity index (χ4v) is 3.58. The molecule has 0 bridgehead atoms. The standard InChI is InChI=1S/C21H24N4O/c1-21(2)11-10-18(16-6-4-5-7-17(16)21)24-20(26)14-25(3)19-9-8-15(12-22)13-23-19/h4-9,13,18H,10-11,14H2,1-3H3,(H,24,26)/t18-/m1/s1. The summed E-state index contributed by atoms with van der Waals surface area (Å²) in [5.74, 6) is 0.641. The summed E-state index contributed by atoms with van der Waals surface area (Å²) in [7, 11) is 1.83. The molecule has 1 aliphatic rings. The molecule has 1 heterocycles. The summed E-state index contributed by atoms with van der Waals surface area (Å²) in [6.07, 6.45) is 3.50. The highest BCUT2D eigenvalue weighted by atomic mass is 16.2. The van der Waals surface area contributed by atoms with E-state index in [0.717, 1.165) is 12.8 Å². The van der Waals surface area contributed by atoms with Crippen molar-refractivity contribution < 1.29 is 4.79 Å². The molecule has 0 radical (unpaired) electrons. The van der Waals surface area contributed by atoms with Gasteiger partial charge in [0, 0.05) is 13.2 Å². The molecule has 26 heavy (non-hydrogen) atoms. The van der Waals surface area contributed by atoms with E-state index in [4.69, 9.17) is 5.26 Å². The zero-order chi connectivity index (χ0) is 18.7. The number of anilines is 1. The first kappa shape index (κ1) is 17.9. The lowest BCUT2D eigenvalue weighted by Crippen LogP contribution is -2.40. The van der Waals surface area contributed by atoms with Gasteiger partial charge in [-0.3, -0.25) is 4.79 Å². The average Bonchev–Trinajstić information content (AvgIpc) is 2.64. The van der Waals surface area contributed by atoms with Crippen LogP contribution in [0.15, 0.2) is 42.6 Å². The summed E-state index contributed by atoms with van der Waals surface area (Å²) in [4.78, 5) is 18.6. The van der Waals surface area contributed by atoms with Crippen molar-refractivity contribution >= 4 is 11.7 Å². The number of fused-ring (bicyclic) bond motifs is 1. The van der Waals surface area contributed by atoms with E-state index in [0.29, 0.717) is 11.4 Å². The Labute approximate surface area is 154 Å². The third kappa shape index (κ3) is 3.70. The molecule has 5 nitrogen and oxygen atoms in total. The molecular formula is C21H24N4O. The van der Waals surface area contributed by atoms with Crippen LogP contribution in [0.2, 0.25) is 0 Å². The Morgan fingerprint density at radius 3 is 2.81 bits per heavy atom. The zero-order valence-electron chi connectivity index (χ0n) is 15.5. The zero-order valence-corrected chi connectivity index (χ0v) is 15.5. The lowest BCUT2D eigenvalue weighted by molar-refractivity contribution is -0.120. The molecule has 1 aliphatic carbocycles. The molecule has 134 valence electrons. The van der Waals surface area contributed by atoms with Crippen LogP contribution in [0.25, 0.3) is 0 Å². The fourth-order valence-electron chi connectivity index (χ4n) is 3.58. The summed E-state index contributed by atoms with van der Waals surface area (Å²) in [5.41, 5.74) is 3.18. The maximum Gasteiger partial charge on any atom is 0.240 e. The first-order valence-electron chi connectivity index (χ1n) is 8.87. The van der Waals surface area contributed by atoms with E-state index in [-0.39, 0.29) is 23.9 Å². The van der Waals surface area contributed by atoms with Crippen molar-refractivity contribution in [2.45, 2.75) is 38.1 Å². The number of carbonyl (C=O) groups is 1. The number of nitrogens with one attached hydrogen (secondary N) is 1. The fraction of sp³-hybridized carbons (Fsp3) is 0.381. The lowest BCUT2D eigenvalue weighted by Gasteiger charge is -2.37. The molecule has 0 spiro atoms. The highest BCUT2D eigenvalue weighted by Gasteiger charge is 2.32. The number of likely N-dealkylation sites (N-methyl/N-ethyl adjacent to an activating group) is 1. The van der Waals surface area contributed by atoms with Crippen molar-refractivity contribution in [2.75, 3.05) is 18.5 Å². The maximum absolute atomic E-state index is 12.6. The van der Waals surface area contributed by atoms with Crippen LogP contribution >= 0.6 is 0 Å². The first-order chi connectivity index (χ1) is 12.4. The number of nitriles is 1. The van der Waals surface area contributed by atoms with Crippen LogP contribution < -0.4 is 10.2 Å². The number of pyridine rings is 1. The largest absolute Gasteiger partial charge is 0.350 e. The summed E-state index contributed by atoms with van der Waals surface area (Å²) in [6, 6.07) is 13.9. The van der Waals surface area contributed by atoms with Crippen LogP contribution in [-0.2, 0) is 10.2 Å². The third-order valence-electron chi connectivity index (χ3n) is 5.11. The van der Waals surface area contributed by atoms with E-state index in [1.807, 2.05) is 19.2 Å². The molecule has 1 aromatic carbocycles. The minimum atomic E-state index is -0.0295. The number of hydrogen-bond acceptors (Lipinski definition) is 4. The smallest absolute Gasteiger partial charge is 0.240 e. The molecule has 1 N–H and O–H groups in total. The van der Waals surface area contributed by atoms with Gasteiger partial charge in [0.25, 0.3) is 0 Å². The molecule has 1 amide bonds. The van der Waals surface area contributed by atoms with Gasteiger partial charge in [-0.15, -0.1) is 0 Å². The van der Waals surface area contributed by atoms with E-state index in [9.17, 15) is 4.79 Å². The number of nitrogens with zero attached hydrogens (tertiary/aromatic N) is 3. The molecule has 1 atom stereocenters. The number of aromatic nitrogens is 1. The van der Waals surface area contributed by atoms with E-state index >= 15 is 0 Å². The van der Waals surface area contributed by atoms with Gasteiger partial charge in [-0.1, -0.05) is 38.1 Å². The minimum Gasteiger partial charge on any atom is -0.350 e. The number of benzene rings is 1. The molecule has 3 rings (SSSR count). The lowest BCUT2D eigenvalue weighted by atomic mass is 9.71. The van der Waals surface area contributed by atoms with Crippen molar-refractivity contribution in [3.8, 4) is 6.07 Å². The van der Waals surface area contributed by atoms with Gasteiger partial charge in [0.1, 0.15) is 11.9 Å². The molecule has 0 saturated heterocycles. The van der Waals surface area contributed by atoms with Crippen molar-refractivity contribution in [1.82, 2.24) is 10.3 Å². The van der Waals surface area contributed by atoms with Crippen LogP contribution in [0.1, 0.15) is 49.4 Å². The van der Waals surface area contributed by atoms with E-state index < -0.39 is 0 Å². The summed E-state index contributed by atoms with van der Waals surface area (Å²) >= 11 is 0. The number of amides is 1.